The summed E-state index contributed by atoms with van der Waals surface area (Å²) in [7, 11) is 1.97. The molecule has 0 amide bonds. The molecule has 0 unspecified atom stereocenters. The van der Waals surface area contributed by atoms with E-state index in [2.05, 4.69) is 32.7 Å². The van der Waals surface area contributed by atoms with Crippen molar-refractivity contribution in [2.45, 2.75) is 13.1 Å². The van der Waals surface area contributed by atoms with E-state index in [9.17, 15) is 5.11 Å². The highest BCUT2D eigenvalue weighted by molar-refractivity contribution is 6.06. The molecule has 0 bridgehead atoms. The van der Waals surface area contributed by atoms with Gasteiger partial charge in [0.25, 0.3) is 0 Å². The fourth-order valence-corrected chi connectivity index (χ4v) is 3.45. The van der Waals surface area contributed by atoms with Crippen molar-refractivity contribution in [1.29, 1.82) is 0 Å². The third kappa shape index (κ3) is 3.37. The van der Waals surface area contributed by atoms with Crippen molar-refractivity contribution in [3.05, 3.63) is 66.0 Å². The number of nitrogen functional groups attached to an aromatic ring is 1. The number of pyridine rings is 1. The molecule has 4 rings (SSSR count). The number of aliphatic hydroxyl groups is 1. The van der Waals surface area contributed by atoms with Crippen LogP contribution in [0.15, 0.2) is 54.6 Å². The van der Waals surface area contributed by atoms with Gasteiger partial charge in [-0.2, -0.15) is 0 Å². The average Bonchev–Trinajstić information content (AvgIpc) is 3.02. The number of rotatable bonds is 6. The molecular formula is C21H23N5O. The van der Waals surface area contributed by atoms with Crippen LogP contribution < -0.4 is 5.73 Å². The molecule has 0 spiro atoms. The summed E-state index contributed by atoms with van der Waals surface area (Å²) in [6.45, 7) is 2.02. The van der Waals surface area contributed by atoms with Crippen LogP contribution in [-0.4, -0.2) is 44.7 Å². The number of anilines is 1. The number of hydrogen-bond donors (Lipinski definition) is 2. The van der Waals surface area contributed by atoms with Gasteiger partial charge in [0.15, 0.2) is 5.82 Å². The van der Waals surface area contributed by atoms with Crippen molar-refractivity contribution in [2.24, 2.45) is 0 Å². The lowest BCUT2D eigenvalue weighted by molar-refractivity contribution is 0.213. The van der Waals surface area contributed by atoms with Crippen LogP contribution in [0.5, 0.6) is 0 Å². The minimum atomic E-state index is 0.113. The number of fused-ring (bicyclic) bond motifs is 3. The Morgan fingerprint density at radius 2 is 1.78 bits per heavy atom. The largest absolute Gasteiger partial charge is 0.395 e. The number of aromatic nitrogens is 3. The molecule has 0 atom stereocenters. The third-order valence-corrected chi connectivity index (χ3v) is 4.77. The standard InChI is InChI=1S/C21H23N5O/c1-25(11-12-27)14-18-24-19-20(26(18)13-15-7-3-2-4-8-15)16-9-5-6-10-17(16)23-21(19)22/h2-10,27H,11-14H2,1H3,(H2,22,23). The van der Waals surface area contributed by atoms with Crippen molar-refractivity contribution in [3.63, 3.8) is 0 Å². The maximum absolute atomic E-state index is 9.25. The summed E-state index contributed by atoms with van der Waals surface area (Å²) in [6.07, 6.45) is 0. The van der Waals surface area contributed by atoms with E-state index in [1.54, 1.807) is 0 Å². The molecule has 2 heterocycles. The van der Waals surface area contributed by atoms with Crippen LogP contribution in [-0.2, 0) is 13.1 Å². The first-order valence-corrected chi connectivity index (χ1v) is 9.04. The van der Waals surface area contributed by atoms with E-state index in [-0.39, 0.29) is 6.61 Å². The van der Waals surface area contributed by atoms with Crippen LogP contribution in [0.2, 0.25) is 0 Å². The molecule has 138 valence electrons. The van der Waals surface area contributed by atoms with E-state index < -0.39 is 0 Å². The molecule has 4 aromatic rings. The quantitative estimate of drug-likeness (QED) is 0.552. The molecular weight excluding hydrogens is 338 g/mol. The molecule has 0 aliphatic rings. The Hall–Kier alpha value is -2.96. The molecule has 2 aromatic heterocycles. The van der Waals surface area contributed by atoms with Gasteiger partial charge in [0, 0.05) is 18.5 Å². The fourth-order valence-electron chi connectivity index (χ4n) is 3.45. The number of likely N-dealkylation sites (N-methyl/N-ethyl adjacent to an activating group) is 1. The molecule has 3 N–H and O–H groups in total. The first-order valence-electron chi connectivity index (χ1n) is 9.04. The minimum absolute atomic E-state index is 0.113. The summed E-state index contributed by atoms with van der Waals surface area (Å²) in [6, 6.07) is 18.3. The van der Waals surface area contributed by atoms with Crippen molar-refractivity contribution in [3.8, 4) is 0 Å². The molecule has 0 saturated heterocycles. The fraction of sp³-hybridized carbons (Fsp3) is 0.238. The first kappa shape index (κ1) is 17.5. The van der Waals surface area contributed by atoms with E-state index in [0.717, 1.165) is 27.8 Å². The molecule has 6 heteroatoms. The van der Waals surface area contributed by atoms with Crippen molar-refractivity contribution < 1.29 is 5.11 Å². The van der Waals surface area contributed by atoms with E-state index in [0.29, 0.717) is 25.5 Å². The van der Waals surface area contributed by atoms with Gasteiger partial charge in [0.1, 0.15) is 11.3 Å². The normalized spacial score (nSPS) is 11.7. The van der Waals surface area contributed by atoms with Gasteiger partial charge in [-0.25, -0.2) is 9.97 Å². The maximum Gasteiger partial charge on any atom is 0.152 e. The second-order valence-electron chi connectivity index (χ2n) is 6.77. The van der Waals surface area contributed by atoms with Gasteiger partial charge in [0.05, 0.1) is 24.2 Å². The van der Waals surface area contributed by atoms with Gasteiger partial charge in [-0.1, -0.05) is 48.5 Å². The third-order valence-electron chi connectivity index (χ3n) is 4.77. The van der Waals surface area contributed by atoms with Gasteiger partial charge in [0.2, 0.25) is 0 Å². The first-order chi connectivity index (χ1) is 13.2. The smallest absolute Gasteiger partial charge is 0.152 e. The summed E-state index contributed by atoms with van der Waals surface area (Å²) in [5, 5.41) is 10.3. The van der Waals surface area contributed by atoms with Crippen molar-refractivity contribution in [1.82, 2.24) is 19.4 Å². The number of hydrogen-bond acceptors (Lipinski definition) is 5. The Kier molecular flexibility index (Phi) is 4.75. The van der Waals surface area contributed by atoms with Gasteiger partial charge >= 0.3 is 0 Å². The lowest BCUT2D eigenvalue weighted by Crippen LogP contribution is -2.23. The monoisotopic (exact) mass is 361 g/mol. The van der Waals surface area contributed by atoms with Crippen LogP contribution in [0.3, 0.4) is 0 Å². The molecule has 6 nitrogen and oxygen atoms in total. The van der Waals surface area contributed by atoms with Crippen LogP contribution >= 0.6 is 0 Å². The lowest BCUT2D eigenvalue weighted by Gasteiger charge is -2.16. The summed E-state index contributed by atoms with van der Waals surface area (Å²) in [5.41, 5.74) is 10.1. The summed E-state index contributed by atoms with van der Waals surface area (Å²) >= 11 is 0. The molecule has 0 fully saturated rings. The molecule has 2 aromatic carbocycles. The topological polar surface area (TPSA) is 80.2 Å². The molecule has 0 aliphatic carbocycles. The lowest BCUT2D eigenvalue weighted by atomic mass is 10.1. The van der Waals surface area contributed by atoms with E-state index in [4.69, 9.17) is 10.7 Å². The predicted octanol–water partition coefficient (Wildman–Crippen LogP) is 2.64. The number of aliphatic hydroxyl groups excluding tert-OH is 1. The molecule has 0 radical (unpaired) electrons. The van der Waals surface area contributed by atoms with Crippen LogP contribution in [0.4, 0.5) is 5.82 Å². The van der Waals surface area contributed by atoms with Crippen LogP contribution in [0.25, 0.3) is 21.9 Å². The number of para-hydroxylation sites is 1. The van der Waals surface area contributed by atoms with Gasteiger partial charge < -0.3 is 15.4 Å². The Morgan fingerprint density at radius 1 is 1.04 bits per heavy atom. The second-order valence-corrected chi connectivity index (χ2v) is 6.77. The molecule has 0 aliphatic heterocycles. The Balaban J connectivity index is 1.94. The van der Waals surface area contributed by atoms with Crippen LogP contribution in [0.1, 0.15) is 11.4 Å². The van der Waals surface area contributed by atoms with E-state index >= 15 is 0 Å². The van der Waals surface area contributed by atoms with Gasteiger partial charge in [-0.05, 0) is 18.7 Å². The van der Waals surface area contributed by atoms with E-state index in [1.165, 1.54) is 5.56 Å². The second kappa shape index (κ2) is 7.34. The average molecular weight is 361 g/mol. The highest BCUT2D eigenvalue weighted by atomic mass is 16.3. The van der Waals surface area contributed by atoms with Crippen molar-refractivity contribution in [2.75, 3.05) is 25.9 Å². The maximum atomic E-state index is 9.25. The van der Waals surface area contributed by atoms with Gasteiger partial charge in [-0.3, -0.25) is 4.90 Å². The molecule has 27 heavy (non-hydrogen) atoms. The Bertz CT molecular complexity index is 1070. The summed E-state index contributed by atoms with van der Waals surface area (Å²) in [5.74, 6) is 1.36. The number of imidazole rings is 1. The minimum Gasteiger partial charge on any atom is -0.395 e. The zero-order valence-corrected chi connectivity index (χ0v) is 15.3. The van der Waals surface area contributed by atoms with Gasteiger partial charge in [-0.15, -0.1) is 0 Å². The molecule has 0 saturated carbocycles. The SMILES string of the molecule is CN(CCO)Cc1nc2c(N)nc3ccccc3c2n1Cc1ccccc1. The van der Waals surface area contributed by atoms with E-state index in [1.807, 2.05) is 43.4 Å². The highest BCUT2D eigenvalue weighted by Gasteiger charge is 2.18. The zero-order chi connectivity index (χ0) is 18.8. The van der Waals surface area contributed by atoms with Crippen molar-refractivity contribution >= 4 is 27.8 Å². The summed E-state index contributed by atoms with van der Waals surface area (Å²) < 4.78 is 2.22. The highest BCUT2D eigenvalue weighted by Crippen LogP contribution is 2.29. The summed E-state index contributed by atoms with van der Waals surface area (Å²) in [4.78, 5) is 11.4. The van der Waals surface area contributed by atoms with Crippen LogP contribution in [0, 0.1) is 0 Å². The number of nitrogens with zero attached hydrogens (tertiary/aromatic N) is 4. The Labute approximate surface area is 157 Å². The number of benzene rings is 2. The number of nitrogens with two attached hydrogens (primary N) is 1. The zero-order valence-electron chi connectivity index (χ0n) is 15.3. The predicted molar refractivity (Wildman–Crippen MR) is 108 cm³/mol. The Morgan fingerprint density at radius 3 is 2.56 bits per heavy atom.